The van der Waals surface area contributed by atoms with Gasteiger partial charge in [0.1, 0.15) is 11.1 Å². The Labute approximate surface area is 148 Å². The summed E-state index contributed by atoms with van der Waals surface area (Å²) in [4.78, 5) is 13.2. The largest absolute Gasteiger partial charge is 0.384 e. The van der Waals surface area contributed by atoms with Crippen LogP contribution < -0.4 is 0 Å². The van der Waals surface area contributed by atoms with Crippen molar-refractivity contribution in [1.29, 1.82) is 0 Å². The van der Waals surface area contributed by atoms with Gasteiger partial charge in [-0.1, -0.05) is 11.6 Å². The second-order valence-electron chi connectivity index (χ2n) is 6.33. The van der Waals surface area contributed by atoms with Gasteiger partial charge in [-0.15, -0.1) is 10.2 Å². The zero-order chi connectivity index (χ0) is 17.8. The van der Waals surface area contributed by atoms with Crippen molar-refractivity contribution < 1.29 is 5.11 Å². The minimum Gasteiger partial charge on any atom is -0.384 e. The predicted molar refractivity (Wildman–Crippen MR) is 94.3 cm³/mol. The normalized spacial score (nSPS) is 12.2. The number of hydrogen-bond donors (Lipinski definition) is 1. The summed E-state index contributed by atoms with van der Waals surface area (Å²) < 4.78 is 1.83. The highest BCUT2D eigenvalue weighted by atomic mass is 35.5. The van der Waals surface area contributed by atoms with E-state index in [0.717, 1.165) is 11.2 Å². The Morgan fingerprint density at radius 1 is 1.16 bits per heavy atom. The van der Waals surface area contributed by atoms with Crippen LogP contribution in [0.5, 0.6) is 0 Å². The number of pyridine rings is 2. The van der Waals surface area contributed by atoms with Crippen LogP contribution in [0, 0.1) is 6.92 Å². The maximum atomic E-state index is 10.3. The van der Waals surface area contributed by atoms with E-state index in [1.54, 1.807) is 26.1 Å². The van der Waals surface area contributed by atoms with E-state index in [1.807, 2.05) is 23.5 Å². The molecule has 0 radical (unpaired) electrons. The second-order valence-corrected chi connectivity index (χ2v) is 6.74. The molecule has 0 saturated carbocycles. The minimum absolute atomic E-state index is 0.417. The van der Waals surface area contributed by atoms with Crippen LogP contribution in [0.1, 0.15) is 25.2 Å². The number of fused-ring (bicyclic) bond motifs is 3. The van der Waals surface area contributed by atoms with Crippen LogP contribution in [0.2, 0.25) is 5.02 Å². The molecule has 0 aliphatic carbocycles. The molecule has 1 N–H and O–H groups in total. The van der Waals surface area contributed by atoms with E-state index in [1.165, 1.54) is 6.20 Å². The lowest BCUT2D eigenvalue weighted by Crippen LogP contribution is -2.17. The molecule has 0 aliphatic heterocycles. The van der Waals surface area contributed by atoms with Gasteiger partial charge >= 0.3 is 0 Å². The molecule has 0 spiro atoms. The zero-order valence-electron chi connectivity index (χ0n) is 13.9. The molecule has 0 aromatic carbocycles. The van der Waals surface area contributed by atoms with Gasteiger partial charge in [0.15, 0.2) is 17.1 Å². The highest BCUT2D eigenvalue weighted by Gasteiger charge is 2.22. The van der Waals surface area contributed by atoms with Gasteiger partial charge in [0.25, 0.3) is 0 Å². The van der Waals surface area contributed by atoms with Crippen LogP contribution in [0.15, 0.2) is 30.6 Å². The number of nitrogens with zero attached hydrogens (tertiary/aromatic N) is 6. The van der Waals surface area contributed by atoms with Gasteiger partial charge in [0, 0.05) is 18.0 Å². The molecule has 0 aliphatic rings. The fraction of sp³-hybridized carbons (Fsp3) is 0.235. The molecular formula is C17H15ClN6O. The fourth-order valence-electron chi connectivity index (χ4n) is 2.72. The highest BCUT2D eigenvalue weighted by Crippen LogP contribution is 2.31. The van der Waals surface area contributed by atoms with Crippen molar-refractivity contribution in [3.63, 3.8) is 0 Å². The maximum Gasteiger partial charge on any atom is 0.184 e. The average Bonchev–Trinajstić information content (AvgIpc) is 3.00. The molecule has 25 heavy (non-hydrogen) atoms. The van der Waals surface area contributed by atoms with Crippen LogP contribution in [-0.4, -0.2) is 34.7 Å². The summed E-state index contributed by atoms with van der Waals surface area (Å²) in [5, 5.41) is 19.2. The molecule has 8 heteroatoms. The van der Waals surface area contributed by atoms with Crippen molar-refractivity contribution in [3.05, 3.63) is 47.0 Å². The first kappa shape index (κ1) is 15.9. The lowest BCUT2D eigenvalue weighted by Gasteiger charge is -2.17. The monoisotopic (exact) mass is 354 g/mol. The maximum absolute atomic E-state index is 10.3. The summed E-state index contributed by atoms with van der Waals surface area (Å²) in [6.07, 6.45) is 3.20. The van der Waals surface area contributed by atoms with Gasteiger partial charge in [-0.3, -0.25) is 9.38 Å². The van der Waals surface area contributed by atoms with E-state index in [-0.39, 0.29) is 0 Å². The van der Waals surface area contributed by atoms with Gasteiger partial charge < -0.3 is 5.11 Å². The molecule has 4 aromatic heterocycles. The van der Waals surface area contributed by atoms with Crippen LogP contribution in [0.3, 0.4) is 0 Å². The number of halogens is 1. The van der Waals surface area contributed by atoms with E-state index >= 15 is 0 Å². The summed E-state index contributed by atoms with van der Waals surface area (Å²) in [5.41, 5.74) is 2.75. The third-order valence-corrected chi connectivity index (χ3v) is 4.28. The molecule has 126 valence electrons. The summed E-state index contributed by atoms with van der Waals surface area (Å²) >= 11 is 6.37. The number of rotatable bonds is 2. The quantitative estimate of drug-likeness (QED) is 0.595. The van der Waals surface area contributed by atoms with E-state index in [2.05, 4.69) is 25.1 Å². The zero-order valence-corrected chi connectivity index (χ0v) is 14.7. The van der Waals surface area contributed by atoms with Crippen LogP contribution >= 0.6 is 11.6 Å². The lowest BCUT2D eigenvalue weighted by molar-refractivity contribution is 0.0739. The molecule has 4 rings (SSSR count). The average molecular weight is 355 g/mol. The van der Waals surface area contributed by atoms with Gasteiger partial charge in [0.2, 0.25) is 0 Å². The Balaban J connectivity index is 2.09. The van der Waals surface area contributed by atoms with Gasteiger partial charge in [-0.05, 0) is 39.0 Å². The Hall–Kier alpha value is -2.64. The topological polar surface area (TPSA) is 89.1 Å². The molecule has 0 saturated heterocycles. The van der Waals surface area contributed by atoms with Crippen molar-refractivity contribution in [1.82, 2.24) is 29.5 Å². The van der Waals surface area contributed by atoms with Crippen molar-refractivity contribution in [2.45, 2.75) is 26.4 Å². The SMILES string of the molecule is Cc1nc2cccnc2n2c(-c3cc(C(C)(C)O)ncc3Cl)nnc12. The minimum atomic E-state index is -1.10. The molecule has 7 nitrogen and oxygen atoms in total. The number of hydrogen-bond acceptors (Lipinski definition) is 6. The van der Waals surface area contributed by atoms with Crippen molar-refractivity contribution in [2.75, 3.05) is 0 Å². The summed E-state index contributed by atoms with van der Waals surface area (Å²) in [5.74, 6) is 0.530. The second kappa shape index (κ2) is 5.44. The third-order valence-electron chi connectivity index (χ3n) is 3.98. The first-order valence-electron chi connectivity index (χ1n) is 7.71. The van der Waals surface area contributed by atoms with E-state index in [0.29, 0.717) is 33.4 Å². The van der Waals surface area contributed by atoms with Crippen molar-refractivity contribution in [3.8, 4) is 11.4 Å². The Kier molecular flexibility index (Phi) is 3.45. The van der Waals surface area contributed by atoms with Crippen LogP contribution in [0.4, 0.5) is 0 Å². The predicted octanol–water partition coefficient (Wildman–Crippen LogP) is 2.92. The molecule has 4 aromatic rings. The number of aryl methyl sites for hydroxylation is 1. The van der Waals surface area contributed by atoms with Gasteiger partial charge in [0.05, 0.1) is 16.4 Å². The van der Waals surface area contributed by atoms with Gasteiger partial charge in [-0.2, -0.15) is 0 Å². The first-order chi connectivity index (χ1) is 11.9. The molecule has 0 amide bonds. The summed E-state index contributed by atoms with van der Waals surface area (Å²) in [6, 6.07) is 5.44. The van der Waals surface area contributed by atoms with Gasteiger partial charge in [-0.25, -0.2) is 9.97 Å². The summed E-state index contributed by atoms with van der Waals surface area (Å²) in [6.45, 7) is 5.20. The molecular weight excluding hydrogens is 340 g/mol. The molecule has 0 unspecified atom stereocenters. The Morgan fingerprint density at radius 3 is 2.72 bits per heavy atom. The smallest absolute Gasteiger partial charge is 0.184 e. The third kappa shape index (κ3) is 2.52. The lowest BCUT2D eigenvalue weighted by atomic mass is 10.0. The van der Waals surface area contributed by atoms with E-state index in [9.17, 15) is 5.11 Å². The van der Waals surface area contributed by atoms with Crippen LogP contribution in [0.25, 0.3) is 28.2 Å². The molecule has 0 atom stereocenters. The van der Waals surface area contributed by atoms with E-state index < -0.39 is 5.60 Å². The molecule has 4 heterocycles. The molecule has 0 bridgehead atoms. The first-order valence-corrected chi connectivity index (χ1v) is 8.09. The Morgan fingerprint density at radius 2 is 1.96 bits per heavy atom. The molecule has 0 fully saturated rings. The van der Waals surface area contributed by atoms with Crippen LogP contribution in [-0.2, 0) is 5.60 Å². The Bertz CT molecular complexity index is 1120. The standard InChI is InChI=1S/C17H15ClN6O/c1-9-14-22-23-15(24(14)16-12(21-9)5-4-6-19-16)10-7-13(17(2,3)25)20-8-11(10)18/h4-8,25H,1-3H3. The summed E-state index contributed by atoms with van der Waals surface area (Å²) in [7, 11) is 0. The van der Waals surface area contributed by atoms with E-state index in [4.69, 9.17) is 11.6 Å². The van der Waals surface area contributed by atoms with Crippen molar-refractivity contribution >= 4 is 28.4 Å². The highest BCUT2D eigenvalue weighted by molar-refractivity contribution is 6.33. The van der Waals surface area contributed by atoms with Crippen molar-refractivity contribution in [2.24, 2.45) is 0 Å². The fourth-order valence-corrected chi connectivity index (χ4v) is 2.90. The number of aromatic nitrogens is 6. The number of aliphatic hydroxyl groups is 1.